The van der Waals surface area contributed by atoms with E-state index >= 15 is 0 Å². The average molecular weight is 219 g/mol. The molecule has 4 heteroatoms. The highest BCUT2D eigenvalue weighted by molar-refractivity contribution is 6.17. The second kappa shape index (κ2) is 5.70. The molecular formula is C10H12ClFO2. The molecule has 0 N–H and O–H groups in total. The van der Waals surface area contributed by atoms with Gasteiger partial charge in [0.15, 0.2) is 11.5 Å². The van der Waals surface area contributed by atoms with Crippen LogP contribution in [0.5, 0.6) is 11.5 Å². The average Bonchev–Trinajstić information content (AvgIpc) is 2.25. The van der Waals surface area contributed by atoms with Crippen LogP contribution in [0, 0.1) is 0 Å². The second-order valence-corrected chi connectivity index (χ2v) is 2.89. The molecule has 0 bridgehead atoms. The molecule has 0 aliphatic rings. The second-order valence-electron chi connectivity index (χ2n) is 2.62. The van der Waals surface area contributed by atoms with Crippen LogP contribution >= 0.6 is 11.6 Å². The van der Waals surface area contributed by atoms with Gasteiger partial charge in [-0.05, 0) is 6.07 Å². The van der Waals surface area contributed by atoms with E-state index in [-0.39, 0.29) is 6.61 Å². The number of hydrogen-bond donors (Lipinski definition) is 0. The summed E-state index contributed by atoms with van der Waals surface area (Å²) in [5.74, 6) is 1.43. The van der Waals surface area contributed by atoms with E-state index in [2.05, 4.69) is 0 Å². The number of para-hydroxylation sites is 1. The molecule has 78 valence electrons. The summed E-state index contributed by atoms with van der Waals surface area (Å²) in [7, 11) is 1.54. The van der Waals surface area contributed by atoms with Crippen LogP contribution in [-0.2, 0) is 5.88 Å². The summed E-state index contributed by atoms with van der Waals surface area (Å²) < 4.78 is 22.2. The molecule has 0 fully saturated rings. The van der Waals surface area contributed by atoms with E-state index < -0.39 is 6.67 Å². The molecule has 0 spiro atoms. The Balaban J connectivity index is 2.93. The summed E-state index contributed by atoms with van der Waals surface area (Å²) in [6.07, 6.45) is 0. The minimum Gasteiger partial charge on any atom is -0.493 e. The van der Waals surface area contributed by atoms with Crippen LogP contribution in [0.1, 0.15) is 5.56 Å². The summed E-state index contributed by atoms with van der Waals surface area (Å²) in [6.45, 7) is -0.510. The van der Waals surface area contributed by atoms with Gasteiger partial charge in [0.2, 0.25) is 0 Å². The summed E-state index contributed by atoms with van der Waals surface area (Å²) in [6, 6.07) is 5.39. The third kappa shape index (κ3) is 2.51. The van der Waals surface area contributed by atoms with Crippen molar-refractivity contribution in [3.63, 3.8) is 0 Å². The fourth-order valence-corrected chi connectivity index (χ4v) is 1.34. The summed E-state index contributed by atoms with van der Waals surface area (Å²) in [4.78, 5) is 0. The highest BCUT2D eigenvalue weighted by atomic mass is 35.5. The monoisotopic (exact) mass is 218 g/mol. The number of ether oxygens (including phenoxy) is 2. The van der Waals surface area contributed by atoms with Crippen molar-refractivity contribution in [1.29, 1.82) is 0 Å². The molecule has 0 aliphatic heterocycles. The Labute approximate surface area is 87.6 Å². The Hall–Kier alpha value is -0.960. The molecule has 0 saturated heterocycles. The van der Waals surface area contributed by atoms with E-state index in [9.17, 15) is 4.39 Å². The van der Waals surface area contributed by atoms with E-state index in [1.807, 2.05) is 12.1 Å². The van der Waals surface area contributed by atoms with Crippen molar-refractivity contribution in [2.24, 2.45) is 0 Å². The van der Waals surface area contributed by atoms with Crippen LogP contribution in [0.25, 0.3) is 0 Å². The molecule has 0 radical (unpaired) electrons. The third-order valence-electron chi connectivity index (χ3n) is 1.75. The smallest absolute Gasteiger partial charge is 0.165 e. The van der Waals surface area contributed by atoms with Gasteiger partial charge >= 0.3 is 0 Å². The number of rotatable bonds is 5. The molecule has 0 amide bonds. The number of halogens is 2. The predicted octanol–water partition coefficient (Wildman–Crippen LogP) is 2.78. The fourth-order valence-electron chi connectivity index (χ4n) is 1.13. The first-order valence-corrected chi connectivity index (χ1v) is 4.77. The van der Waals surface area contributed by atoms with E-state index in [4.69, 9.17) is 21.1 Å². The highest BCUT2D eigenvalue weighted by Crippen LogP contribution is 2.31. The lowest BCUT2D eigenvalue weighted by Gasteiger charge is -2.12. The highest BCUT2D eigenvalue weighted by Gasteiger charge is 2.09. The van der Waals surface area contributed by atoms with Crippen molar-refractivity contribution in [2.45, 2.75) is 5.88 Å². The predicted molar refractivity (Wildman–Crippen MR) is 54.0 cm³/mol. The van der Waals surface area contributed by atoms with Gasteiger partial charge in [-0.3, -0.25) is 0 Å². The lowest BCUT2D eigenvalue weighted by atomic mass is 10.2. The quantitative estimate of drug-likeness (QED) is 0.708. The molecular weight excluding hydrogens is 207 g/mol. The number of methoxy groups -OCH3 is 1. The normalized spacial score (nSPS) is 9.93. The van der Waals surface area contributed by atoms with E-state index in [1.54, 1.807) is 6.07 Å². The zero-order valence-corrected chi connectivity index (χ0v) is 8.68. The van der Waals surface area contributed by atoms with Crippen LogP contribution < -0.4 is 9.47 Å². The molecule has 1 rings (SSSR count). The molecule has 1 aromatic rings. The molecule has 0 aliphatic carbocycles. The summed E-state index contributed by atoms with van der Waals surface area (Å²) in [5.41, 5.74) is 0.805. The fraction of sp³-hybridized carbons (Fsp3) is 0.400. The molecule has 0 unspecified atom stereocenters. The standard InChI is InChI=1S/C10H12ClFO2/c1-13-9-4-2-3-8(7-11)10(9)14-6-5-12/h2-4H,5-7H2,1H3. The van der Waals surface area contributed by atoms with Gasteiger partial charge in [-0.2, -0.15) is 0 Å². The first-order chi connectivity index (χ1) is 6.83. The van der Waals surface area contributed by atoms with Crippen molar-refractivity contribution in [2.75, 3.05) is 20.4 Å². The number of benzene rings is 1. The SMILES string of the molecule is COc1cccc(CCl)c1OCCF. The zero-order valence-electron chi connectivity index (χ0n) is 7.93. The molecule has 0 heterocycles. The molecule has 14 heavy (non-hydrogen) atoms. The van der Waals surface area contributed by atoms with Gasteiger partial charge in [0.05, 0.1) is 13.0 Å². The summed E-state index contributed by atoms with van der Waals surface area (Å²) >= 11 is 5.71. The maximum Gasteiger partial charge on any atom is 0.165 e. The lowest BCUT2D eigenvalue weighted by molar-refractivity contribution is 0.258. The van der Waals surface area contributed by atoms with Gasteiger partial charge in [-0.1, -0.05) is 12.1 Å². The molecule has 0 saturated carbocycles. The van der Waals surface area contributed by atoms with E-state index in [1.165, 1.54) is 7.11 Å². The van der Waals surface area contributed by atoms with Crippen molar-refractivity contribution in [3.05, 3.63) is 23.8 Å². The Kier molecular flexibility index (Phi) is 4.53. The van der Waals surface area contributed by atoms with E-state index in [0.717, 1.165) is 5.56 Å². The Morgan fingerprint density at radius 1 is 1.43 bits per heavy atom. The van der Waals surface area contributed by atoms with E-state index in [0.29, 0.717) is 17.4 Å². The Morgan fingerprint density at radius 3 is 2.79 bits per heavy atom. The first-order valence-electron chi connectivity index (χ1n) is 4.24. The Morgan fingerprint density at radius 2 is 2.21 bits per heavy atom. The van der Waals surface area contributed by atoms with Gasteiger partial charge in [0, 0.05) is 5.56 Å². The van der Waals surface area contributed by atoms with Gasteiger partial charge in [-0.25, -0.2) is 4.39 Å². The van der Waals surface area contributed by atoms with Gasteiger partial charge in [0.25, 0.3) is 0 Å². The van der Waals surface area contributed by atoms with Crippen LogP contribution in [0.4, 0.5) is 4.39 Å². The number of alkyl halides is 2. The Bertz CT molecular complexity index is 269. The van der Waals surface area contributed by atoms with Crippen LogP contribution in [0.2, 0.25) is 0 Å². The van der Waals surface area contributed by atoms with Gasteiger partial charge < -0.3 is 9.47 Å². The molecule has 0 aromatic heterocycles. The third-order valence-corrected chi connectivity index (χ3v) is 2.04. The van der Waals surface area contributed by atoms with Crippen LogP contribution in [-0.4, -0.2) is 20.4 Å². The molecule has 1 aromatic carbocycles. The zero-order chi connectivity index (χ0) is 10.4. The van der Waals surface area contributed by atoms with Gasteiger partial charge in [-0.15, -0.1) is 11.6 Å². The van der Waals surface area contributed by atoms with Crippen molar-refractivity contribution < 1.29 is 13.9 Å². The molecule has 0 atom stereocenters. The van der Waals surface area contributed by atoms with Crippen molar-refractivity contribution >= 4 is 11.6 Å². The van der Waals surface area contributed by atoms with Crippen molar-refractivity contribution in [1.82, 2.24) is 0 Å². The minimum absolute atomic E-state index is 0.0181. The number of hydrogen-bond acceptors (Lipinski definition) is 2. The topological polar surface area (TPSA) is 18.5 Å². The first kappa shape index (κ1) is 11.1. The largest absolute Gasteiger partial charge is 0.493 e. The van der Waals surface area contributed by atoms with Crippen LogP contribution in [0.15, 0.2) is 18.2 Å². The van der Waals surface area contributed by atoms with Gasteiger partial charge in [0.1, 0.15) is 13.3 Å². The minimum atomic E-state index is -0.528. The van der Waals surface area contributed by atoms with Crippen molar-refractivity contribution in [3.8, 4) is 11.5 Å². The maximum atomic E-state index is 12.0. The summed E-state index contributed by atoms with van der Waals surface area (Å²) in [5, 5.41) is 0. The van der Waals surface area contributed by atoms with Crippen LogP contribution in [0.3, 0.4) is 0 Å². The maximum absolute atomic E-state index is 12.0. The molecule has 2 nitrogen and oxygen atoms in total. The lowest BCUT2D eigenvalue weighted by Crippen LogP contribution is -2.02.